The fraction of sp³-hybridized carbons (Fsp3) is 0.750. The van der Waals surface area contributed by atoms with Crippen LogP contribution < -0.4 is 5.14 Å². The van der Waals surface area contributed by atoms with Crippen molar-refractivity contribution in [3.05, 3.63) is 5.82 Å². The van der Waals surface area contributed by atoms with Gasteiger partial charge in [-0.3, -0.25) is 0 Å². The van der Waals surface area contributed by atoms with E-state index in [1.54, 1.807) is 4.57 Å². The lowest BCUT2D eigenvalue weighted by Crippen LogP contribution is -2.21. The molecule has 84 valence electrons. The molecule has 1 aromatic heterocycles. The fourth-order valence-electron chi connectivity index (χ4n) is 1.78. The van der Waals surface area contributed by atoms with E-state index < -0.39 is 10.0 Å². The van der Waals surface area contributed by atoms with Crippen LogP contribution in [0, 0.1) is 0 Å². The van der Waals surface area contributed by atoms with Crippen LogP contribution in [0.1, 0.15) is 37.9 Å². The first-order valence-electron chi connectivity index (χ1n) is 5.00. The molecule has 0 bridgehead atoms. The molecule has 2 N–H and O–H groups in total. The summed E-state index contributed by atoms with van der Waals surface area (Å²) in [5, 5.41) is 12.5. The summed E-state index contributed by atoms with van der Waals surface area (Å²) in [6.07, 6.45) is 3.29. The smallest absolute Gasteiger partial charge is 0.273 e. The van der Waals surface area contributed by atoms with Crippen molar-refractivity contribution in [1.29, 1.82) is 0 Å². The van der Waals surface area contributed by atoms with Gasteiger partial charge in [-0.15, -0.1) is 10.2 Å². The third-order valence-electron chi connectivity index (χ3n) is 2.79. The van der Waals surface area contributed by atoms with Gasteiger partial charge in [-0.2, -0.15) is 0 Å². The predicted octanol–water partition coefficient (Wildman–Crippen LogP) is 0.213. The quantitative estimate of drug-likeness (QED) is 0.803. The van der Waals surface area contributed by atoms with E-state index in [0.29, 0.717) is 12.5 Å². The van der Waals surface area contributed by atoms with Crippen LogP contribution in [0.4, 0.5) is 0 Å². The van der Waals surface area contributed by atoms with E-state index in [0.717, 1.165) is 18.7 Å². The van der Waals surface area contributed by atoms with Crippen molar-refractivity contribution in [2.45, 2.75) is 43.8 Å². The van der Waals surface area contributed by atoms with Crippen molar-refractivity contribution in [2.75, 3.05) is 0 Å². The summed E-state index contributed by atoms with van der Waals surface area (Å²) in [5.41, 5.74) is 0. The van der Waals surface area contributed by atoms with E-state index in [4.69, 9.17) is 5.14 Å². The molecule has 0 unspecified atom stereocenters. The van der Waals surface area contributed by atoms with Crippen LogP contribution in [-0.4, -0.2) is 23.2 Å². The second-order valence-electron chi connectivity index (χ2n) is 3.76. The predicted molar refractivity (Wildman–Crippen MR) is 53.7 cm³/mol. The molecule has 1 heterocycles. The first kappa shape index (κ1) is 10.6. The molecule has 0 aliphatic heterocycles. The minimum Gasteiger partial charge on any atom is -0.301 e. The minimum absolute atomic E-state index is 0.119. The molecule has 0 spiro atoms. The molecular weight excluding hydrogens is 216 g/mol. The standard InChI is InChI=1S/C8H14N4O2S/c1-2-12-7(6-4-3-5-6)10-11-8(12)15(9,13)14/h6H,2-5H2,1H3,(H2,9,13,14). The molecule has 0 amide bonds. The van der Waals surface area contributed by atoms with Crippen molar-refractivity contribution >= 4 is 10.0 Å². The average molecular weight is 230 g/mol. The highest BCUT2D eigenvalue weighted by Gasteiger charge is 2.28. The summed E-state index contributed by atoms with van der Waals surface area (Å²) in [6, 6.07) is 0. The van der Waals surface area contributed by atoms with Crippen LogP contribution in [0.15, 0.2) is 5.16 Å². The molecule has 0 saturated heterocycles. The Morgan fingerprint density at radius 1 is 1.47 bits per heavy atom. The van der Waals surface area contributed by atoms with Gasteiger partial charge in [0.05, 0.1) is 0 Å². The third kappa shape index (κ3) is 1.76. The lowest BCUT2D eigenvalue weighted by molar-refractivity contribution is 0.384. The second-order valence-corrected chi connectivity index (χ2v) is 5.21. The highest BCUT2D eigenvalue weighted by molar-refractivity contribution is 7.89. The first-order chi connectivity index (χ1) is 7.04. The van der Waals surface area contributed by atoms with Crippen molar-refractivity contribution in [1.82, 2.24) is 14.8 Å². The molecule has 1 fully saturated rings. The number of aromatic nitrogens is 3. The van der Waals surface area contributed by atoms with Crippen LogP contribution >= 0.6 is 0 Å². The maximum atomic E-state index is 11.2. The highest BCUT2D eigenvalue weighted by Crippen LogP contribution is 2.35. The summed E-state index contributed by atoms with van der Waals surface area (Å²) in [4.78, 5) is 0. The monoisotopic (exact) mass is 230 g/mol. The number of hydrogen-bond acceptors (Lipinski definition) is 4. The van der Waals surface area contributed by atoms with Gasteiger partial charge in [0.2, 0.25) is 0 Å². The lowest BCUT2D eigenvalue weighted by atomic mass is 9.85. The summed E-state index contributed by atoms with van der Waals surface area (Å²) in [6.45, 7) is 2.39. The van der Waals surface area contributed by atoms with Crippen molar-refractivity contribution in [2.24, 2.45) is 5.14 Å². The van der Waals surface area contributed by atoms with E-state index in [-0.39, 0.29) is 5.16 Å². The van der Waals surface area contributed by atoms with Crippen LogP contribution in [0.2, 0.25) is 0 Å². The van der Waals surface area contributed by atoms with Crippen molar-refractivity contribution in [3.63, 3.8) is 0 Å². The molecule has 0 atom stereocenters. The van der Waals surface area contributed by atoms with Gasteiger partial charge >= 0.3 is 0 Å². The van der Waals surface area contributed by atoms with Gasteiger partial charge < -0.3 is 4.57 Å². The Kier molecular flexibility index (Phi) is 2.51. The molecule has 1 saturated carbocycles. The van der Waals surface area contributed by atoms with Gasteiger partial charge in [-0.05, 0) is 19.8 Å². The van der Waals surface area contributed by atoms with Crippen LogP contribution in [0.3, 0.4) is 0 Å². The van der Waals surface area contributed by atoms with Crippen LogP contribution in [-0.2, 0) is 16.6 Å². The largest absolute Gasteiger partial charge is 0.301 e. The Hall–Kier alpha value is -0.950. The van der Waals surface area contributed by atoms with Crippen molar-refractivity contribution in [3.8, 4) is 0 Å². The van der Waals surface area contributed by atoms with E-state index >= 15 is 0 Å². The average Bonchev–Trinajstić information content (AvgIpc) is 2.43. The SMILES string of the molecule is CCn1c(C2CCC2)nnc1S(N)(=O)=O. The molecule has 1 aromatic rings. The zero-order valence-electron chi connectivity index (χ0n) is 8.55. The molecular formula is C8H14N4O2S. The van der Waals surface area contributed by atoms with Gasteiger partial charge in [-0.25, -0.2) is 13.6 Å². The molecule has 0 aromatic carbocycles. The Bertz CT molecular complexity index is 461. The number of rotatable bonds is 3. The van der Waals surface area contributed by atoms with E-state index in [1.807, 2.05) is 6.92 Å². The van der Waals surface area contributed by atoms with Crippen molar-refractivity contribution < 1.29 is 8.42 Å². The summed E-state index contributed by atoms with van der Waals surface area (Å²) in [7, 11) is -3.75. The third-order valence-corrected chi connectivity index (χ3v) is 3.60. The Morgan fingerprint density at radius 2 is 2.13 bits per heavy atom. The highest BCUT2D eigenvalue weighted by atomic mass is 32.2. The van der Waals surface area contributed by atoms with Gasteiger partial charge in [0.25, 0.3) is 15.2 Å². The zero-order valence-corrected chi connectivity index (χ0v) is 9.37. The van der Waals surface area contributed by atoms with Gasteiger partial charge in [0, 0.05) is 12.5 Å². The maximum absolute atomic E-state index is 11.2. The minimum atomic E-state index is -3.75. The second kappa shape index (κ2) is 3.57. The molecule has 2 rings (SSSR count). The van der Waals surface area contributed by atoms with E-state index in [2.05, 4.69) is 10.2 Å². The maximum Gasteiger partial charge on any atom is 0.273 e. The van der Waals surface area contributed by atoms with Gasteiger partial charge in [0.1, 0.15) is 5.82 Å². The molecule has 1 aliphatic carbocycles. The summed E-state index contributed by atoms with van der Waals surface area (Å²) in [5.74, 6) is 1.11. The topological polar surface area (TPSA) is 90.9 Å². The summed E-state index contributed by atoms with van der Waals surface area (Å²) >= 11 is 0. The molecule has 1 aliphatic rings. The number of sulfonamides is 1. The molecule has 7 heteroatoms. The Balaban J connectivity index is 2.45. The van der Waals surface area contributed by atoms with Gasteiger partial charge in [-0.1, -0.05) is 6.42 Å². The number of nitrogens with zero attached hydrogens (tertiary/aromatic N) is 3. The molecule has 6 nitrogen and oxygen atoms in total. The summed E-state index contributed by atoms with van der Waals surface area (Å²) < 4.78 is 24.0. The van der Waals surface area contributed by atoms with Crippen LogP contribution in [0.5, 0.6) is 0 Å². The number of primary sulfonamides is 1. The van der Waals surface area contributed by atoms with Gasteiger partial charge in [0.15, 0.2) is 0 Å². The normalized spacial score (nSPS) is 17.7. The molecule has 0 radical (unpaired) electrons. The zero-order chi connectivity index (χ0) is 11.1. The number of nitrogens with two attached hydrogens (primary N) is 1. The fourth-order valence-corrected chi connectivity index (χ4v) is 2.46. The number of hydrogen-bond donors (Lipinski definition) is 1. The van der Waals surface area contributed by atoms with E-state index in [1.165, 1.54) is 6.42 Å². The first-order valence-corrected chi connectivity index (χ1v) is 6.54. The van der Waals surface area contributed by atoms with E-state index in [9.17, 15) is 8.42 Å². The lowest BCUT2D eigenvalue weighted by Gasteiger charge is -2.24. The Morgan fingerprint density at radius 3 is 2.53 bits per heavy atom. The van der Waals surface area contributed by atoms with Crippen LogP contribution in [0.25, 0.3) is 0 Å². The Labute approximate surface area is 88.5 Å². The molecule has 15 heavy (non-hydrogen) atoms.